The van der Waals surface area contributed by atoms with Crippen LogP contribution in [0.15, 0.2) is 41.3 Å². The monoisotopic (exact) mass is 537 g/mol. The molecule has 4 aliphatic carbocycles. The predicted octanol–water partition coefficient (Wildman–Crippen LogP) is 4.98. The van der Waals surface area contributed by atoms with E-state index in [1.54, 1.807) is 12.1 Å². The van der Waals surface area contributed by atoms with Gasteiger partial charge in [0.05, 0.1) is 22.5 Å². The largest absolute Gasteiger partial charge is 0.344 e. The van der Waals surface area contributed by atoms with E-state index in [2.05, 4.69) is 4.98 Å². The van der Waals surface area contributed by atoms with Crippen LogP contribution in [0.5, 0.6) is 0 Å². The Balaban J connectivity index is 1.34. The molecule has 8 rings (SSSR count). The van der Waals surface area contributed by atoms with Crippen molar-refractivity contribution in [2.75, 3.05) is 23.1 Å². The summed E-state index contributed by atoms with van der Waals surface area (Å²) in [5.41, 5.74) is -0.254. The minimum Gasteiger partial charge on any atom is -0.344 e. The van der Waals surface area contributed by atoms with E-state index in [0.29, 0.717) is 48.2 Å². The number of pyridine rings is 2. The van der Waals surface area contributed by atoms with Crippen molar-refractivity contribution in [1.82, 2.24) is 9.55 Å². The number of carbonyl (C=O) groups excluding carboxylic acids is 1. The molecule has 4 bridgehead atoms. The van der Waals surface area contributed by atoms with Crippen LogP contribution in [-0.2, 0) is 10.8 Å². The maximum Gasteiger partial charge on any atom is 0.201 e. The number of Topliss-reactive ketones (excluding diaryl/α,β-unsaturated/α-hetero) is 1. The van der Waals surface area contributed by atoms with Gasteiger partial charge < -0.3 is 4.90 Å². The number of hydrogen-bond acceptors (Lipinski definition) is 5. The van der Waals surface area contributed by atoms with Gasteiger partial charge >= 0.3 is 0 Å². The lowest BCUT2D eigenvalue weighted by atomic mass is 9.48. The molecule has 3 aromatic rings. The summed E-state index contributed by atoms with van der Waals surface area (Å²) < 4.78 is 42.2. The molecule has 0 radical (unpaired) electrons. The second-order valence-corrected chi connectivity index (χ2v) is 13.5. The zero-order valence-electron chi connectivity index (χ0n) is 21.0. The molecular formula is C29H29F2N3O3S. The summed E-state index contributed by atoms with van der Waals surface area (Å²) in [6, 6.07) is 6.52. The van der Waals surface area contributed by atoms with Gasteiger partial charge in [-0.15, -0.1) is 0 Å². The molecule has 0 amide bonds. The zero-order valence-corrected chi connectivity index (χ0v) is 21.8. The second kappa shape index (κ2) is 8.79. The number of aromatic nitrogens is 2. The first-order valence-corrected chi connectivity index (χ1v) is 14.9. The van der Waals surface area contributed by atoms with E-state index in [1.807, 2.05) is 4.90 Å². The highest BCUT2D eigenvalue weighted by Crippen LogP contribution is 2.61. The Bertz CT molecular complexity index is 1530. The molecule has 5 aliphatic rings. The summed E-state index contributed by atoms with van der Waals surface area (Å²) in [6.45, 7) is 0.557. The molecule has 0 spiro atoms. The Labute approximate surface area is 221 Å². The van der Waals surface area contributed by atoms with Gasteiger partial charge in [-0.05, 0) is 86.0 Å². The predicted molar refractivity (Wildman–Crippen MR) is 142 cm³/mol. The first-order valence-electron chi connectivity index (χ1n) is 13.4. The maximum absolute atomic E-state index is 15.0. The molecule has 1 saturated heterocycles. The summed E-state index contributed by atoms with van der Waals surface area (Å²) in [5, 5.41) is 0.203. The minimum absolute atomic E-state index is 0.00917. The van der Waals surface area contributed by atoms with Crippen molar-refractivity contribution in [3.05, 3.63) is 63.9 Å². The smallest absolute Gasteiger partial charge is 0.201 e. The average molecular weight is 538 g/mol. The van der Waals surface area contributed by atoms with Gasteiger partial charge in [0.1, 0.15) is 17.5 Å². The number of nitrogens with zero attached hydrogens (tertiary/aromatic N) is 3. The molecule has 1 unspecified atom stereocenters. The fourth-order valence-corrected chi connectivity index (χ4v) is 9.23. The highest BCUT2D eigenvalue weighted by Gasteiger charge is 2.51. The Kier molecular flexibility index (Phi) is 5.58. The Morgan fingerprint density at radius 3 is 2.39 bits per heavy atom. The normalized spacial score (nSPS) is 29.9. The third kappa shape index (κ3) is 4.01. The van der Waals surface area contributed by atoms with Gasteiger partial charge in [0.2, 0.25) is 5.43 Å². The first-order chi connectivity index (χ1) is 18.3. The molecular weight excluding hydrogens is 508 g/mol. The molecule has 6 nitrogen and oxygen atoms in total. The summed E-state index contributed by atoms with van der Waals surface area (Å²) in [5.74, 6) is 1.66. The van der Waals surface area contributed by atoms with E-state index < -0.39 is 27.9 Å². The molecule has 1 aliphatic heterocycles. The summed E-state index contributed by atoms with van der Waals surface area (Å²) >= 11 is 0. The highest BCUT2D eigenvalue weighted by molar-refractivity contribution is 7.85. The molecule has 198 valence electrons. The number of anilines is 1. The fraction of sp³-hybridized carbons (Fsp3) is 0.483. The first kappa shape index (κ1) is 24.1. The van der Waals surface area contributed by atoms with Crippen LogP contribution in [0.1, 0.15) is 55.3 Å². The van der Waals surface area contributed by atoms with Gasteiger partial charge in [0, 0.05) is 41.8 Å². The van der Waals surface area contributed by atoms with Crippen molar-refractivity contribution >= 4 is 33.4 Å². The number of hydrogen-bond donors (Lipinski definition) is 0. The number of ketones is 1. The van der Waals surface area contributed by atoms with Crippen LogP contribution in [0.3, 0.4) is 0 Å². The SMILES string of the molecule is O=C(CC12CC3CC(CC(C3)C1)C2)c1cn(-c2ccc(F)cc2F)c2nc(N3CCS(=O)C3)ccc2c1=O. The number of rotatable bonds is 5. The molecule has 1 atom stereocenters. The molecule has 0 N–H and O–H groups in total. The van der Waals surface area contributed by atoms with Crippen molar-refractivity contribution in [1.29, 1.82) is 0 Å². The van der Waals surface area contributed by atoms with Crippen LogP contribution in [0, 0.1) is 34.8 Å². The average Bonchev–Trinajstić information content (AvgIpc) is 3.29. The lowest BCUT2D eigenvalue weighted by molar-refractivity contribution is -0.0524. The molecule has 1 aromatic carbocycles. The van der Waals surface area contributed by atoms with Gasteiger partial charge in [-0.1, -0.05) is 0 Å². The van der Waals surface area contributed by atoms with Crippen LogP contribution in [0.4, 0.5) is 14.6 Å². The molecule has 9 heteroatoms. The van der Waals surface area contributed by atoms with Crippen LogP contribution in [-0.4, -0.2) is 37.7 Å². The zero-order chi connectivity index (χ0) is 26.2. The lowest BCUT2D eigenvalue weighted by Gasteiger charge is -2.56. The number of halogens is 2. The van der Waals surface area contributed by atoms with Crippen LogP contribution >= 0.6 is 0 Å². The fourth-order valence-electron chi connectivity index (χ4n) is 8.07. The molecule has 3 heterocycles. The van der Waals surface area contributed by atoms with Crippen molar-refractivity contribution in [3.8, 4) is 5.69 Å². The maximum atomic E-state index is 15.0. The van der Waals surface area contributed by atoms with E-state index in [-0.39, 0.29) is 33.5 Å². The summed E-state index contributed by atoms with van der Waals surface area (Å²) in [7, 11) is -0.984. The standard InChI is InChI=1S/C29H29F2N3O3S/c30-20-1-3-24(23(31)10-20)34-15-22(25(35)14-29-11-17-7-18(12-29)9-19(8-17)13-29)27(36)21-2-4-26(32-28(21)34)33-5-6-38(37)16-33/h1-4,10,15,17-19H,5-9,11-14,16H2. The van der Waals surface area contributed by atoms with Crippen molar-refractivity contribution in [2.45, 2.75) is 44.9 Å². The van der Waals surface area contributed by atoms with Gasteiger partial charge in [0.25, 0.3) is 0 Å². The van der Waals surface area contributed by atoms with E-state index in [1.165, 1.54) is 36.1 Å². The third-order valence-electron chi connectivity index (χ3n) is 9.22. The molecule has 2 aromatic heterocycles. The van der Waals surface area contributed by atoms with Gasteiger partial charge in [-0.25, -0.2) is 13.8 Å². The van der Waals surface area contributed by atoms with Crippen LogP contribution in [0.2, 0.25) is 0 Å². The van der Waals surface area contributed by atoms with E-state index in [4.69, 9.17) is 0 Å². The number of fused-ring (bicyclic) bond motifs is 1. The Hall–Kier alpha value is -2.94. The van der Waals surface area contributed by atoms with Gasteiger partial charge in [-0.3, -0.25) is 18.4 Å². The van der Waals surface area contributed by atoms with E-state index in [0.717, 1.165) is 31.4 Å². The molecule has 4 saturated carbocycles. The van der Waals surface area contributed by atoms with E-state index in [9.17, 15) is 18.2 Å². The second-order valence-electron chi connectivity index (χ2n) is 11.9. The van der Waals surface area contributed by atoms with Crippen molar-refractivity contribution in [3.63, 3.8) is 0 Å². The van der Waals surface area contributed by atoms with Crippen molar-refractivity contribution in [2.24, 2.45) is 23.2 Å². The molecule has 5 fully saturated rings. The third-order valence-corrected chi connectivity index (χ3v) is 10.5. The highest BCUT2D eigenvalue weighted by atomic mass is 32.2. The summed E-state index contributed by atoms with van der Waals surface area (Å²) in [4.78, 5) is 34.0. The number of benzene rings is 1. The molecule has 38 heavy (non-hydrogen) atoms. The quantitative estimate of drug-likeness (QED) is 0.430. The van der Waals surface area contributed by atoms with Crippen molar-refractivity contribution < 1.29 is 17.8 Å². The number of carbonyl (C=O) groups is 1. The van der Waals surface area contributed by atoms with E-state index >= 15 is 4.39 Å². The Morgan fingerprint density at radius 1 is 1.05 bits per heavy atom. The Morgan fingerprint density at radius 2 is 1.76 bits per heavy atom. The van der Waals surface area contributed by atoms with Gasteiger partial charge in [-0.2, -0.15) is 0 Å². The van der Waals surface area contributed by atoms with Gasteiger partial charge in [0.15, 0.2) is 11.4 Å². The summed E-state index contributed by atoms with van der Waals surface area (Å²) in [6.07, 6.45) is 8.64. The lowest BCUT2D eigenvalue weighted by Crippen LogP contribution is -2.47. The minimum atomic E-state index is -0.984. The topological polar surface area (TPSA) is 72.3 Å². The van der Waals surface area contributed by atoms with Crippen LogP contribution < -0.4 is 10.3 Å². The van der Waals surface area contributed by atoms with Crippen LogP contribution in [0.25, 0.3) is 16.7 Å².